The number of aromatic nitrogens is 2. The first-order chi connectivity index (χ1) is 14.0. The van der Waals surface area contributed by atoms with E-state index in [0.29, 0.717) is 28.8 Å². The average Bonchev–Trinajstić information content (AvgIpc) is 3.16. The van der Waals surface area contributed by atoms with E-state index in [4.69, 9.17) is 4.42 Å². The molecule has 0 saturated carbocycles. The van der Waals surface area contributed by atoms with Crippen LogP contribution in [0.3, 0.4) is 0 Å². The topological polar surface area (TPSA) is 85.1 Å². The van der Waals surface area contributed by atoms with E-state index in [1.165, 1.54) is 11.8 Å². The summed E-state index contributed by atoms with van der Waals surface area (Å²) in [5.41, 5.74) is 2.03. The van der Waals surface area contributed by atoms with E-state index >= 15 is 0 Å². The van der Waals surface area contributed by atoms with Crippen LogP contribution in [-0.4, -0.2) is 27.1 Å². The maximum atomic E-state index is 12.7. The van der Waals surface area contributed by atoms with Crippen LogP contribution in [0.25, 0.3) is 11.5 Å². The standard InChI is InChI=1S/C21H20BrN3O3S/c1-3-6-18(26)23-15-11-9-14(10-12-15)19(27)13(2)29-21-25-24-20(28-21)16-7-4-5-8-17(16)22/h4-5,7-13H,3,6H2,1-2H3,(H,23,26). The summed E-state index contributed by atoms with van der Waals surface area (Å²) in [6.45, 7) is 3.75. The maximum absolute atomic E-state index is 12.7. The van der Waals surface area contributed by atoms with Gasteiger partial charge in [0.1, 0.15) is 0 Å². The molecule has 1 amide bonds. The van der Waals surface area contributed by atoms with Gasteiger partial charge in [0.05, 0.1) is 10.8 Å². The predicted octanol–water partition coefficient (Wildman–Crippen LogP) is 5.60. The van der Waals surface area contributed by atoms with E-state index < -0.39 is 5.25 Å². The number of carbonyl (C=O) groups excluding carboxylic acids is 2. The van der Waals surface area contributed by atoms with Gasteiger partial charge in [-0.25, -0.2) is 0 Å². The van der Waals surface area contributed by atoms with Crippen molar-refractivity contribution in [3.8, 4) is 11.5 Å². The van der Waals surface area contributed by atoms with Gasteiger partial charge in [-0.2, -0.15) is 0 Å². The molecule has 3 aromatic rings. The summed E-state index contributed by atoms with van der Waals surface area (Å²) < 4.78 is 6.56. The van der Waals surface area contributed by atoms with Crippen LogP contribution in [0.2, 0.25) is 0 Å². The Morgan fingerprint density at radius 1 is 1.14 bits per heavy atom. The normalized spacial score (nSPS) is 11.8. The van der Waals surface area contributed by atoms with Crippen molar-refractivity contribution >= 4 is 45.1 Å². The van der Waals surface area contributed by atoms with Crippen LogP contribution < -0.4 is 5.32 Å². The summed E-state index contributed by atoms with van der Waals surface area (Å²) in [5, 5.41) is 10.8. The van der Waals surface area contributed by atoms with Gasteiger partial charge in [-0.3, -0.25) is 9.59 Å². The first-order valence-electron chi connectivity index (χ1n) is 9.17. The molecule has 1 aromatic heterocycles. The minimum Gasteiger partial charge on any atom is -0.411 e. The van der Waals surface area contributed by atoms with Crippen molar-refractivity contribution in [3.63, 3.8) is 0 Å². The largest absolute Gasteiger partial charge is 0.411 e. The predicted molar refractivity (Wildman–Crippen MR) is 117 cm³/mol. The van der Waals surface area contributed by atoms with E-state index in [1.807, 2.05) is 31.2 Å². The Morgan fingerprint density at radius 2 is 1.86 bits per heavy atom. The lowest BCUT2D eigenvalue weighted by atomic mass is 10.1. The molecule has 0 aliphatic carbocycles. The van der Waals surface area contributed by atoms with Crippen molar-refractivity contribution in [2.45, 2.75) is 37.2 Å². The van der Waals surface area contributed by atoms with Gasteiger partial charge in [0.15, 0.2) is 5.78 Å². The van der Waals surface area contributed by atoms with E-state index in [9.17, 15) is 9.59 Å². The molecule has 0 bridgehead atoms. The monoisotopic (exact) mass is 473 g/mol. The van der Waals surface area contributed by atoms with E-state index in [1.54, 1.807) is 31.2 Å². The van der Waals surface area contributed by atoms with Gasteiger partial charge in [0.2, 0.25) is 11.8 Å². The number of amides is 1. The fourth-order valence-corrected chi connectivity index (χ4v) is 3.82. The molecule has 0 fully saturated rings. The number of halogens is 1. The lowest BCUT2D eigenvalue weighted by molar-refractivity contribution is -0.116. The lowest BCUT2D eigenvalue weighted by Gasteiger charge is -2.09. The molecule has 0 radical (unpaired) electrons. The summed E-state index contributed by atoms with van der Waals surface area (Å²) >= 11 is 4.68. The number of carbonyl (C=O) groups is 2. The molecule has 0 saturated heterocycles. The van der Waals surface area contributed by atoms with Gasteiger partial charge in [-0.05, 0) is 65.7 Å². The number of benzene rings is 2. The first kappa shape index (κ1) is 21.3. The van der Waals surface area contributed by atoms with Crippen LogP contribution in [0.15, 0.2) is 62.6 Å². The number of hydrogen-bond donors (Lipinski definition) is 1. The van der Waals surface area contributed by atoms with Gasteiger partial charge < -0.3 is 9.73 Å². The first-order valence-corrected chi connectivity index (χ1v) is 10.8. The SMILES string of the molecule is CCCC(=O)Nc1ccc(C(=O)C(C)Sc2nnc(-c3ccccc3Br)o2)cc1. The third kappa shape index (κ3) is 5.55. The van der Waals surface area contributed by atoms with Crippen molar-refractivity contribution in [3.05, 3.63) is 58.6 Å². The van der Waals surface area contributed by atoms with E-state index in [2.05, 4.69) is 31.4 Å². The molecule has 29 heavy (non-hydrogen) atoms. The summed E-state index contributed by atoms with van der Waals surface area (Å²) in [4.78, 5) is 24.4. The Kier molecular flexibility index (Phi) is 7.22. The fourth-order valence-electron chi connectivity index (χ4n) is 2.61. The van der Waals surface area contributed by atoms with Crippen LogP contribution in [0.1, 0.15) is 37.0 Å². The Hall–Kier alpha value is -2.45. The second kappa shape index (κ2) is 9.84. The third-order valence-electron chi connectivity index (χ3n) is 4.09. The van der Waals surface area contributed by atoms with Crippen molar-refractivity contribution in [1.29, 1.82) is 0 Å². The fraction of sp³-hybridized carbons (Fsp3) is 0.238. The number of nitrogens with zero attached hydrogens (tertiary/aromatic N) is 2. The summed E-state index contributed by atoms with van der Waals surface area (Å²) in [7, 11) is 0. The highest BCUT2D eigenvalue weighted by molar-refractivity contribution is 9.10. The van der Waals surface area contributed by atoms with Gasteiger partial charge in [-0.1, -0.05) is 30.8 Å². The number of Topliss-reactive ketones (excluding diaryl/α,β-unsaturated/α-hetero) is 1. The van der Waals surface area contributed by atoms with Gasteiger partial charge in [0, 0.05) is 22.1 Å². The number of anilines is 1. The molecule has 0 aliphatic rings. The molecule has 8 heteroatoms. The Morgan fingerprint density at radius 3 is 2.55 bits per heavy atom. The molecular weight excluding hydrogens is 454 g/mol. The number of ketones is 1. The average molecular weight is 474 g/mol. The van der Waals surface area contributed by atoms with E-state index in [-0.39, 0.29) is 11.7 Å². The quantitative estimate of drug-likeness (QED) is 0.338. The molecule has 0 aliphatic heterocycles. The molecule has 1 heterocycles. The Labute approximate surface area is 181 Å². The summed E-state index contributed by atoms with van der Waals surface area (Å²) in [6.07, 6.45) is 1.26. The summed E-state index contributed by atoms with van der Waals surface area (Å²) in [6, 6.07) is 14.4. The molecule has 0 spiro atoms. The molecule has 150 valence electrons. The Balaban J connectivity index is 1.64. The number of thioether (sulfide) groups is 1. The molecular formula is C21H20BrN3O3S. The molecule has 3 rings (SSSR count). The molecule has 1 atom stereocenters. The minimum absolute atomic E-state index is 0.0345. The van der Waals surface area contributed by atoms with Crippen molar-refractivity contribution in [2.24, 2.45) is 0 Å². The maximum Gasteiger partial charge on any atom is 0.277 e. The van der Waals surface area contributed by atoms with Gasteiger partial charge in [0.25, 0.3) is 5.22 Å². The van der Waals surface area contributed by atoms with Crippen molar-refractivity contribution < 1.29 is 14.0 Å². The lowest BCUT2D eigenvalue weighted by Crippen LogP contribution is -2.14. The van der Waals surface area contributed by atoms with Crippen LogP contribution in [0.5, 0.6) is 0 Å². The smallest absolute Gasteiger partial charge is 0.277 e. The number of hydrogen-bond acceptors (Lipinski definition) is 6. The van der Waals surface area contributed by atoms with E-state index in [0.717, 1.165) is 16.5 Å². The Bertz CT molecular complexity index is 1000. The third-order valence-corrected chi connectivity index (χ3v) is 5.71. The summed E-state index contributed by atoms with van der Waals surface area (Å²) in [5.74, 6) is 0.307. The minimum atomic E-state index is -0.400. The molecule has 1 unspecified atom stereocenters. The van der Waals surface area contributed by atoms with Crippen LogP contribution in [0.4, 0.5) is 5.69 Å². The van der Waals surface area contributed by atoms with Crippen LogP contribution in [0, 0.1) is 0 Å². The van der Waals surface area contributed by atoms with Gasteiger partial charge in [-0.15, -0.1) is 10.2 Å². The molecule has 2 aromatic carbocycles. The number of nitrogens with one attached hydrogen (secondary N) is 1. The highest BCUT2D eigenvalue weighted by Crippen LogP contribution is 2.31. The van der Waals surface area contributed by atoms with Crippen LogP contribution >= 0.6 is 27.7 Å². The molecule has 1 N–H and O–H groups in total. The zero-order valence-corrected chi connectivity index (χ0v) is 18.4. The zero-order chi connectivity index (χ0) is 20.8. The van der Waals surface area contributed by atoms with Crippen molar-refractivity contribution in [2.75, 3.05) is 5.32 Å². The highest BCUT2D eigenvalue weighted by atomic mass is 79.9. The zero-order valence-electron chi connectivity index (χ0n) is 16.0. The van der Waals surface area contributed by atoms with Crippen molar-refractivity contribution in [1.82, 2.24) is 10.2 Å². The van der Waals surface area contributed by atoms with Gasteiger partial charge >= 0.3 is 0 Å². The molecule has 6 nitrogen and oxygen atoms in total. The number of rotatable bonds is 8. The second-order valence-corrected chi connectivity index (χ2v) is 8.50. The van der Waals surface area contributed by atoms with Crippen LogP contribution in [-0.2, 0) is 4.79 Å². The second-order valence-electron chi connectivity index (χ2n) is 6.35. The highest BCUT2D eigenvalue weighted by Gasteiger charge is 2.20.